The van der Waals surface area contributed by atoms with E-state index in [1.165, 1.54) is 24.9 Å². The van der Waals surface area contributed by atoms with Crippen molar-refractivity contribution >= 4 is 58.3 Å². The molecule has 1 heterocycles. The van der Waals surface area contributed by atoms with Gasteiger partial charge in [-0.2, -0.15) is 0 Å². The Morgan fingerprint density at radius 1 is 1.14 bits per heavy atom. The van der Waals surface area contributed by atoms with Crippen LogP contribution in [0.2, 0.25) is 0 Å². The van der Waals surface area contributed by atoms with Crippen molar-refractivity contribution in [3.05, 3.63) is 52.9 Å². The third kappa shape index (κ3) is 7.03. The van der Waals surface area contributed by atoms with Crippen LogP contribution in [0, 0.1) is 0 Å². The van der Waals surface area contributed by atoms with Gasteiger partial charge in [-0.1, -0.05) is 12.1 Å². The molecule has 1 N–H and O–H groups in total. The van der Waals surface area contributed by atoms with E-state index in [4.69, 9.17) is 14.2 Å². The molecular weight excluding hydrogens is 492 g/mol. The summed E-state index contributed by atoms with van der Waals surface area (Å²) in [6, 6.07) is 12.1. The molecule has 1 aliphatic rings. The Balaban J connectivity index is 1.70. The lowest BCUT2D eigenvalue weighted by Crippen LogP contribution is -2.36. The smallest absolute Gasteiger partial charge is 0.344 e. The molecule has 1 aliphatic heterocycles. The number of benzene rings is 2. The fraction of sp³-hybridized carbons (Fsp3) is 0.250. The lowest BCUT2D eigenvalue weighted by atomic mass is 10.2. The summed E-state index contributed by atoms with van der Waals surface area (Å²) in [5.41, 5.74) is 1.13. The van der Waals surface area contributed by atoms with Gasteiger partial charge in [0.2, 0.25) is 5.91 Å². The Bertz CT molecular complexity index is 1170. The molecule has 3 amide bonds. The second-order valence-electron chi connectivity index (χ2n) is 7.05. The van der Waals surface area contributed by atoms with E-state index in [2.05, 4.69) is 5.32 Å². The van der Waals surface area contributed by atoms with Crippen LogP contribution in [0.25, 0.3) is 6.08 Å². The van der Waals surface area contributed by atoms with Crippen LogP contribution in [0.15, 0.2) is 52.3 Å². The molecule has 1 saturated heterocycles. The number of imide groups is 1. The third-order valence-electron chi connectivity index (χ3n) is 4.67. The van der Waals surface area contributed by atoms with Gasteiger partial charge in [0.25, 0.3) is 11.1 Å². The van der Waals surface area contributed by atoms with Crippen molar-refractivity contribution in [1.29, 1.82) is 0 Å². The van der Waals surface area contributed by atoms with Crippen LogP contribution < -0.4 is 14.8 Å². The average Bonchev–Trinajstić information content (AvgIpc) is 3.10. The highest BCUT2D eigenvalue weighted by atomic mass is 32.2. The van der Waals surface area contributed by atoms with Crippen molar-refractivity contribution in [3.63, 3.8) is 0 Å². The molecule has 9 nitrogen and oxygen atoms in total. The summed E-state index contributed by atoms with van der Waals surface area (Å²) < 4.78 is 15.6. The van der Waals surface area contributed by atoms with Crippen LogP contribution in [-0.2, 0) is 19.1 Å². The lowest BCUT2D eigenvalue weighted by Gasteiger charge is -2.13. The van der Waals surface area contributed by atoms with Crippen molar-refractivity contribution < 1.29 is 33.4 Å². The SMILES string of the molecule is CCOC(=O)COc1cc(/C=C2\SC(=O)N(CC(=O)Nc3cccc(SC)c3)C2=O)ccc1OC. The summed E-state index contributed by atoms with van der Waals surface area (Å²) in [6.07, 6.45) is 3.44. The van der Waals surface area contributed by atoms with Gasteiger partial charge < -0.3 is 19.5 Å². The standard InChI is InChI=1S/C24H24N2O7S2/c1-4-32-22(28)14-33-19-10-15(8-9-18(19)31-2)11-20-23(29)26(24(30)35-20)13-21(27)25-16-6-5-7-17(12-16)34-3/h5-12H,4,13-14H2,1-3H3,(H,25,27)/b20-11-. The van der Waals surface area contributed by atoms with Gasteiger partial charge in [-0.15, -0.1) is 11.8 Å². The van der Waals surface area contributed by atoms with Gasteiger partial charge in [-0.25, -0.2) is 4.79 Å². The van der Waals surface area contributed by atoms with Gasteiger partial charge in [-0.3, -0.25) is 19.3 Å². The lowest BCUT2D eigenvalue weighted by molar-refractivity contribution is -0.145. The molecule has 0 aliphatic carbocycles. The number of carbonyl (C=O) groups excluding carboxylic acids is 4. The van der Waals surface area contributed by atoms with Crippen molar-refractivity contribution in [1.82, 2.24) is 4.90 Å². The van der Waals surface area contributed by atoms with Crippen LogP contribution in [0.4, 0.5) is 10.5 Å². The molecule has 0 unspecified atom stereocenters. The number of esters is 1. The summed E-state index contributed by atoms with van der Waals surface area (Å²) in [4.78, 5) is 51.3. The predicted octanol–water partition coefficient (Wildman–Crippen LogP) is 4.03. The normalized spacial score (nSPS) is 14.3. The zero-order valence-corrected chi connectivity index (χ0v) is 21.0. The summed E-state index contributed by atoms with van der Waals surface area (Å²) in [7, 11) is 1.46. The minimum absolute atomic E-state index is 0.161. The minimum Gasteiger partial charge on any atom is -0.493 e. The Labute approximate surface area is 211 Å². The highest BCUT2D eigenvalue weighted by Crippen LogP contribution is 2.34. The van der Waals surface area contributed by atoms with E-state index in [-0.39, 0.29) is 23.9 Å². The molecule has 0 bridgehead atoms. The Hall–Kier alpha value is -3.44. The van der Waals surface area contributed by atoms with Crippen molar-refractivity contribution in [2.75, 3.05) is 38.4 Å². The van der Waals surface area contributed by atoms with E-state index < -0.39 is 29.6 Å². The van der Waals surface area contributed by atoms with E-state index >= 15 is 0 Å². The fourth-order valence-electron chi connectivity index (χ4n) is 3.07. The molecular formula is C24H24N2O7S2. The number of amides is 3. The zero-order chi connectivity index (χ0) is 25.4. The van der Waals surface area contributed by atoms with Crippen LogP contribution >= 0.6 is 23.5 Å². The second-order valence-corrected chi connectivity index (χ2v) is 8.92. The van der Waals surface area contributed by atoms with E-state index in [0.717, 1.165) is 21.6 Å². The van der Waals surface area contributed by atoms with Crippen LogP contribution in [-0.4, -0.2) is 61.0 Å². The topological polar surface area (TPSA) is 111 Å². The first-order chi connectivity index (χ1) is 16.8. The quantitative estimate of drug-likeness (QED) is 0.284. The molecule has 11 heteroatoms. The average molecular weight is 517 g/mol. The molecule has 35 heavy (non-hydrogen) atoms. The fourth-order valence-corrected chi connectivity index (χ4v) is 4.37. The number of nitrogens with zero attached hydrogens (tertiary/aromatic N) is 1. The number of hydrogen-bond acceptors (Lipinski definition) is 9. The second kappa shape index (κ2) is 12.3. The number of thioether (sulfide) groups is 2. The van der Waals surface area contributed by atoms with Gasteiger partial charge in [-0.05, 0) is 66.9 Å². The summed E-state index contributed by atoms with van der Waals surface area (Å²) in [5.74, 6) is -0.912. The summed E-state index contributed by atoms with van der Waals surface area (Å²) >= 11 is 2.27. The maximum absolute atomic E-state index is 12.8. The molecule has 0 radical (unpaired) electrons. The molecule has 2 aromatic carbocycles. The first-order valence-electron chi connectivity index (χ1n) is 10.5. The molecule has 0 atom stereocenters. The number of rotatable bonds is 10. The van der Waals surface area contributed by atoms with Gasteiger partial charge in [0, 0.05) is 10.6 Å². The van der Waals surface area contributed by atoms with Crippen molar-refractivity contribution in [3.8, 4) is 11.5 Å². The van der Waals surface area contributed by atoms with E-state index in [0.29, 0.717) is 17.0 Å². The van der Waals surface area contributed by atoms with E-state index in [9.17, 15) is 19.2 Å². The van der Waals surface area contributed by atoms with Gasteiger partial charge in [0.05, 0.1) is 18.6 Å². The molecule has 1 fully saturated rings. The number of methoxy groups -OCH3 is 1. The first-order valence-corrected chi connectivity index (χ1v) is 12.5. The predicted molar refractivity (Wildman–Crippen MR) is 135 cm³/mol. The largest absolute Gasteiger partial charge is 0.493 e. The van der Waals surface area contributed by atoms with Crippen LogP contribution in [0.5, 0.6) is 11.5 Å². The number of anilines is 1. The Morgan fingerprint density at radius 2 is 1.94 bits per heavy atom. The zero-order valence-electron chi connectivity index (χ0n) is 19.4. The van der Waals surface area contributed by atoms with E-state index in [1.54, 1.807) is 31.2 Å². The van der Waals surface area contributed by atoms with E-state index in [1.807, 2.05) is 24.5 Å². The third-order valence-corrected chi connectivity index (χ3v) is 6.30. The molecule has 0 aromatic heterocycles. The van der Waals surface area contributed by atoms with Gasteiger partial charge in [0.1, 0.15) is 6.54 Å². The van der Waals surface area contributed by atoms with Crippen molar-refractivity contribution in [2.24, 2.45) is 0 Å². The van der Waals surface area contributed by atoms with Gasteiger partial charge >= 0.3 is 5.97 Å². The maximum atomic E-state index is 12.8. The maximum Gasteiger partial charge on any atom is 0.344 e. The van der Waals surface area contributed by atoms with Crippen molar-refractivity contribution in [2.45, 2.75) is 11.8 Å². The molecule has 0 spiro atoms. The molecule has 184 valence electrons. The molecule has 0 saturated carbocycles. The summed E-state index contributed by atoms with van der Waals surface area (Å²) in [6.45, 7) is 1.22. The van der Waals surface area contributed by atoms with Crippen LogP contribution in [0.1, 0.15) is 12.5 Å². The van der Waals surface area contributed by atoms with Gasteiger partial charge in [0.15, 0.2) is 18.1 Å². The Kier molecular flexibility index (Phi) is 9.21. The highest BCUT2D eigenvalue weighted by Gasteiger charge is 2.36. The number of hydrogen-bond donors (Lipinski definition) is 1. The minimum atomic E-state index is -0.571. The molecule has 2 aromatic rings. The number of ether oxygens (including phenoxy) is 3. The Morgan fingerprint density at radius 3 is 2.66 bits per heavy atom. The van der Waals surface area contributed by atoms with Crippen LogP contribution in [0.3, 0.4) is 0 Å². The number of carbonyl (C=O) groups is 4. The molecule has 3 rings (SSSR count). The monoisotopic (exact) mass is 516 g/mol. The first kappa shape index (κ1) is 26.2. The number of nitrogens with one attached hydrogen (secondary N) is 1. The highest BCUT2D eigenvalue weighted by molar-refractivity contribution is 8.18. The summed E-state index contributed by atoms with van der Waals surface area (Å²) in [5, 5.41) is 2.17.